The van der Waals surface area contributed by atoms with Gasteiger partial charge in [0.15, 0.2) is 6.10 Å². The van der Waals surface area contributed by atoms with E-state index in [0.717, 1.165) is 17.6 Å². The number of para-hydroxylation sites is 1. The molecule has 0 spiro atoms. The summed E-state index contributed by atoms with van der Waals surface area (Å²) in [7, 11) is 0. The summed E-state index contributed by atoms with van der Waals surface area (Å²) in [5.41, 5.74) is 0.280. The van der Waals surface area contributed by atoms with Gasteiger partial charge in [-0.1, -0.05) is 18.2 Å². The molecule has 1 amide bonds. The van der Waals surface area contributed by atoms with E-state index in [4.69, 9.17) is 4.74 Å². The Morgan fingerprint density at radius 2 is 2.00 bits per heavy atom. The van der Waals surface area contributed by atoms with Crippen LogP contribution in [-0.2, 0) is 9.53 Å². The van der Waals surface area contributed by atoms with Crippen molar-refractivity contribution in [3.8, 4) is 0 Å². The van der Waals surface area contributed by atoms with Crippen molar-refractivity contribution in [3.05, 3.63) is 70.2 Å². The largest absolute Gasteiger partial charge is 0.449 e. The molecule has 2 N–H and O–H groups in total. The minimum Gasteiger partial charge on any atom is -0.449 e. The number of aromatic amines is 1. The smallest absolute Gasteiger partial charge is 0.341 e. The number of anilines is 1. The van der Waals surface area contributed by atoms with Crippen molar-refractivity contribution >= 4 is 34.2 Å². The summed E-state index contributed by atoms with van der Waals surface area (Å²) in [5, 5.41) is 13.8. The Labute approximate surface area is 152 Å². The van der Waals surface area contributed by atoms with Gasteiger partial charge in [0.25, 0.3) is 5.91 Å². The third-order valence-corrected chi connectivity index (χ3v) is 3.87. The van der Waals surface area contributed by atoms with Gasteiger partial charge in [0.05, 0.1) is 10.5 Å². The SMILES string of the molecule is CC(OC(=O)c1c[nH]c2ccccc12)C(=O)Nc1ccc(F)c([N+](=O)[O-])c1. The number of nitro groups is 1. The molecule has 138 valence electrons. The van der Waals surface area contributed by atoms with Gasteiger partial charge in [-0.15, -0.1) is 0 Å². The van der Waals surface area contributed by atoms with Gasteiger partial charge in [-0.25, -0.2) is 4.79 Å². The summed E-state index contributed by atoms with van der Waals surface area (Å²) in [6, 6.07) is 10.1. The van der Waals surface area contributed by atoms with Crippen LogP contribution in [0.2, 0.25) is 0 Å². The number of benzene rings is 2. The predicted octanol–water partition coefficient (Wildman–Crippen LogP) is 3.40. The molecule has 0 aliphatic heterocycles. The second-order valence-electron chi connectivity index (χ2n) is 5.71. The summed E-state index contributed by atoms with van der Waals surface area (Å²) in [4.78, 5) is 37.3. The van der Waals surface area contributed by atoms with E-state index in [1.807, 2.05) is 6.07 Å². The molecular formula is C18H14FN3O5. The van der Waals surface area contributed by atoms with Crippen molar-refractivity contribution in [1.29, 1.82) is 0 Å². The molecular weight excluding hydrogens is 357 g/mol. The van der Waals surface area contributed by atoms with Gasteiger partial charge in [0, 0.05) is 28.9 Å². The molecule has 27 heavy (non-hydrogen) atoms. The number of rotatable bonds is 5. The Balaban J connectivity index is 1.70. The molecule has 0 saturated carbocycles. The van der Waals surface area contributed by atoms with E-state index < -0.39 is 34.4 Å². The second kappa shape index (κ2) is 7.24. The van der Waals surface area contributed by atoms with E-state index in [1.54, 1.807) is 18.2 Å². The quantitative estimate of drug-likeness (QED) is 0.405. The number of halogens is 1. The first-order valence-electron chi connectivity index (χ1n) is 7.88. The Morgan fingerprint density at radius 3 is 2.74 bits per heavy atom. The Kier molecular flexibility index (Phi) is 4.84. The molecule has 0 aliphatic rings. The van der Waals surface area contributed by atoms with E-state index >= 15 is 0 Å². The third-order valence-electron chi connectivity index (χ3n) is 3.87. The molecule has 1 aromatic heterocycles. The lowest BCUT2D eigenvalue weighted by Gasteiger charge is -2.13. The van der Waals surface area contributed by atoms with Crippen molar-refractivity contribution in [2.24, 2.45) is 0 Å². The number of H-pyrrole nitrogens is 1. The number of hydrogen-bond acceptors (Lipinski definition) is 5. The van der Waals surface area contributed by atoms with Crippen LogP contribution in [-0.4, -0.2) is 27.9 Å². The molecule has 1 heterocycles. The van der Waals surface area contributed by atoms with E-state index in [1.165, 1.54) is 19.2 Å². The Hall–Kier alpha value is -3.75. The fourth-order valence-electron chi connectivity index (χ4n) is 2.49. The summed E-state index contributed by atoms with van der Waals surface area (Å²) in [6.07, 6.45) is 0.316. The zero-order chi connectivity index (χ0) is 19.6. The van der Waals surface area contributed by atoms with Crippen molar-refractivity contribution in [2.75, 3.05) is 5.32 Å². The van der Waals surface area contributed by atoms with Crippen LogP contribution >= 0.6 is 0 Å². The summed E-state index contributed by atoms with van der Waals surface area (Å²) >= 11 is 0. The number of fused-ring (bicyclic) bond motifs is 1. The van der Waals surface area contributed by atoms with Crippen LogP contribution < -0.4 is 5.32 Å². The van der Waals surface area contributed by atoms with Gasteiger partial charge in [-0.05, 0) is 25.1 Å². The molecule has 0 saturated heterocycles. The van der Waals surface area contributed by atoms with Crippen LogP contribution in [0.5, 0.6) is 0 Å². The van der Waals surface area contributed by atoms with Crippen molar-refractivity contribution < 1.29 is 23.6 Å². The first-order valence-corrected chi connectivity index (χ1v) is 7.88. The van der Waals surface area contributed by atoms with Crippen LogP contribution in [0, 0.1) is 15.9 Å². The monoisotopic (exact) mass is 371 g/mol. The molecule has 0 radical (unpaired) electrons. The van der Waals surface area contributed by atoms with Gasteiger partial charge < -0.3 is 15.0 Å². The Bertz CT molecular complexity index is 1050. The number of nitro benzene ring substituents is 1. The minimum absolute atomic E-state index is 0.0168. The number of carbonyl (C=O) groups is 2. The average Bonchev–Trinajstić information content (AvgIpc) is 3.07. The van der Waals surface area contributed by atoms with Gasteiger partial charge in [-0.3, -0.25) is 14.9 Å². The number of hydrogen-bond donors (Lipinski definition) is 2. The Morgan fingerprint density at radius 1 is 1.26 bits per heavy atom. The van der Waals surface area contributed by atoms with Gasteiger partial charge in [0.2, 0.25) is 5.82 Å². The lowest BCUT2D eigenvalue weighted by Crippen LogP contribution is -2.30. The molecule has 0 bridgehead atoms. The highest BCUT2D eigenvalue weighted by Crippen LogP contribution is 2.22. The van der Waals surface area contributed by atoms with E-state index in [-0.39, 0.29) is 11.3 Å². The fraction of sp³-hybridized carbons (Fsp3) is 0.111. The first kappa shape index (κ1) is 18.1. The van der Waals surface area contributed by atoms with E-state index in [0.29, 0.717) is 5.39 Å². The van der Waals surface area contributed by atoms with Crippen LogP contribution in [0.1, 0.15) is 17.3 Å². The highest BCUT2D eigenvalue weighted by Gasteiger charge is 2.22. The molecule has 3 rings (SSSR count). The topological polar surface area (TPSA) is 114 Å². The van der Waals surface area contributed by atoms with Gasteiger partial charge in [0.1, 0.15) is 0 Å². The number of amides is 1. The molecule has 1 unspecified atom stereocenters. The number of aromatic nitrogens is 1. The molecule has 0 aliphatic carbocycles. The van der Waals surface area contributed by atoms with Crippen molar-refractivity contribution in [3.63, 3.8) is 0 Å². The van der Waals surface area contributed by atoms with E-state index in [2.05, 4.69) is 10.3 Å². The first-order chi connectivity index (χ1) is 12.9. The summed E-state index contributed by atoms with van der Waals surface area (Å²) in [6.45, 7) is 1.36. The molecule has 2 aromatic carbocycles. The van der Waals surface area contributed by atoms with Crippen molar-refractivity contribution in [2.45, 2.75) is 13.0 Å². The number of carbonyl (C=O) groups excluding carboxylic acids is 2. The second-order valence-corrected chi connectivity index (χ2v) is 5.71. The zero-order valence-electron chi connectivity index (χ0n) is 14.1. The van der Waals surface area contributed by atoms with Gasteiger partial charge >= 0.3 is 11.7 Å². The minimum atomic E-state index is -1.17. The maximum Gasteiger partial charge on any atom is 0.341 e. The molecule has 9 heteroatoms. The highest BCUT2D eigenvalue weighted by atomic mass is 19.1. The summed E-state index contributed by atoms with van der Waals surface area (Å²) in [5.74, 6) is -2.42. The zero-order valence-corrected chi connectivity index (χ0v) is 14.1. The van der Waals surface area contributed by atoms with Crippen LogP contribution in [0.3, 0.4) is 0 Å². The lowest BCUT2D eigenvalue weighted by atomic mass is 10.2. The van der Waals surface area contributed by atoms with Gasteiger partial charge in [-0.2, -0.15) is 4.39 Å². The number of nitrogens with one attached hydrogen (secondary N) is 2. The maximum absolute atomic E-state index is 13.3. The highest BCUT2D eigenvalue weighted by molar-refractivity contribution is 6.05. The van der Waals surface area contributed by atoms with E-state index in [9.17, 15) is 24.1 Å². The fourth-order valence-corrected chi connectivity index (χ4v) is 2.49. The average molecular weight is 371 g/mol. The predicted molar refractivity (Wildman–Crippen MR) is 94.9 cm³/mol. The van der Waals surface area contributed by atoms with Crippen LogP contribution in [0.15, 0.2) is 48.7 Å². The summed E-state index contributed by atoms with van der Waals surface area (Å²) < 4.78 is 18.5. The number of ether oxygens (including phenoxy) is 1. The molecule has 3 aromatic rings. The maximum atomic E-state index is 13.3. The molecule has 8 nitrogen and oxygen atoms in total. The number of esters is 1. The molecule has 1 atom stereocenters. The lowest BCUT2D eigenvalue weighted by molar-refractivity contribution is -0.387. The van der Waals surface area contributed by atoms with Crippen LogP contribution in [0.4, 0.5) is 15.8 Å². The third kappa shape index (κ3) is 3.76. The van der Waals surface area contributed by atoms with Crippen molar-refractivity contribution in [1.82, 2.24) is 4.98 Å². The number of nitrogens with zero attached hydrogens (tertiary/aromatic N) is 1. The molecule has 0 fully saturated rings. The normalized spacial score (nSPS) is 11.8. The van der Waals surface area contributed by atoms with Crippen LogP contribution in [0.25, 0.3) is 10.9 Å². The standard InChI is InChI=1S/C18H14FN3O5/c1-10(17(23)21-11-6-7-14(19)16(8-11)22(25)26)27-18(24)13-9-20-15-5-3-2-4-12(13)15/h2-10,20H,1H3,(H,21,23).